The first kappa shape index (κ1) is 13.5. The van der Waals surface area contributed by atoms with Crippen LogP contribution in [0.3, 0.4) is 0 Å². The third-order valence-electron chi connectivity index (χ3n) is 4.06. The van der Waals surface area contributed by atoms with Crippen LogP contribution in [0.2, 0.25) is 0 Å². The van der Waals surface area contributed by atoms with Crippen molar-refractivity contribution in [1.82, 2.24) is 9.80 Å². The molecule has 2 heterocycles. The Morgan fingerprint density at radius 1 is 1.11 bits per heavy atom. The first-order chi connectivity index (χ1) is 8.71. The Hall–Kier alpha value is -0.890. The van der Waals surface area contributed by atoms with Crippen molar-refractivity contribution < 1.29 is 4.79 Å². The van der Waals surface area contributed by atoms with E-state index in [0.29, 0.717) is 0 Å². The van der Waals surface area contributed by atoms with Crippen LogP contribution in [0.5, 0.6) is 0 Å². The fourth-order valence-corrected chi connectivity index (χ4v) is 3.39. The lowest BCUT2D eigenvalue weighted by molar-refractivity contribution is 0.133. The van der Waals surface area contributed by atoms with Crippen molar-refractivity contribution in [2.24, 2.45) is 0 Å². The quantitative estimate of drug-likeness (QED) is 0.732. The molecule has 0 saturated carbocycles. The SMILES string of the molecule is CSC1(C#N)CCN(C(=O)N2CCCCC2)CC1. The van der Waals surface area contributed by atoms with Gasteiger partial charge < -0.3 is 9.80 Å². The third-order valence-corrected chi connectivity index (χ3v) is 5.34. The molecule has 2 amide bonds. The lowest BCUT2D eigenvalue weighted by Crippen LogP contribution is -2.50. The van der Waals surface area contributed by atoms with Gasteiger partial charge in [0.05, 0.1) is 6.07 Å². The Morgan fingerprint density at radius 3 is 2.17 bits per heavy atom. The lowest BCUT2D eigenvalue weighted by Gasteiger charge is -2.39. The summed E-state index contributed by atoms with van der Waals surface area (Å²) in [7, 11) is 0. The normalized spacial score (nSPS) is 23.6. The molecule has 100 valence electrons. The van der Waals surface area contributed by atoms with Crippen LogP contribution in [-0.2, 0) is 0 Å². The number of urea groups is 1. The number of hydrogen-bond donors (Lipinski definition) is 0. The molecular weight excluding hydrogens is 246 g/mol. The van der Waals surface area contributed by atoms with Crippen LogP contribution in [0.4, 0.5) is 4.79 Å². The van der Waals surface area contributed by atoms with Crippen LogP contribution < -0.4 is 0 Å². The summed E-state index contributed by atoms with van der Waals surface area (Å²) in [4.78, 5) is 16.2. The molecule has 5 heteroatoms. The average molecular weight is 267 g/mol. The van der Waals surface area contributed by atoms with Gasteiger partial charge in [-0.15, -0.1) is 11.8 Å². The minimum atomic E-state index is -0.265. The van der Waals surface area contributed by atoms with Gasteiger partial charge in [-0.25, -0.2) is 4.79 Å². The fraction of sp³-hybridized carbons (Fsp3) is 0.846. The topological polar surface area (TPSA) is 47.3 Å². The number of carbonyl (C=O) groups is 1. The molecule has 2 rings (SSSR count). The maximum Gasteiger partial charge on any atom is 0.319 e. The Balaban J connectivity index is 1.89. The minimum absolute atomic E-state index is 0.183. The number of rotatable bonds is 1. The molecule has 0 unspecified atom stereocenters. The van der Waals surface area contributed by atoms with Crippen molar-refractivity contribution in [3.05, 3.63) is 0 Å². The highest BCUT2D eigenvalue weighted by molar-refractivity contribution is 8.00. The van der Waals surface area contributed by atoms with Crippen molar-refractivity contribution in [1.29, 1.82) is 5.26 Å². The molecule has 2 aliphatic rings. The second-order valence-electron chi connectivity index (χ2n) is 5.13. The first-order valence-corrected chi connectivity index (χ1v) is 7.93. The van der Waals surface area contributed by atoms with E-state index in [-0.39, 0.29) is 10.8 Å². The summed E-state index contributed by atoms with van der Waals surface area (Å²) in [5.41, 5.74) is 0. The van der Waals surface area contributed by atoms with E-state index in [9.17, 15) is 10.1 Å². The number of nitrogens with zero attached hydrogens (tertiary/aromatic N) is 3. The van der Waals surface area contributed by atoms with Crippen LogP contribution in [-0.4, -0.2) is 53.0 Å². The summed E-state index contributed by atoms with van der Waals surface area (Å²) >= 11 is 1.63. The molecule has 2 fully saturated rings. The summed E-state index contributed by atoms with van der Waals surface area (Å²) in [6, 6.07) is 2.60. The zero-order valence-electron chi connectivity index (χ0n) is 11.0. The number of likely N-dealkylation sites (tertiary alicyclic amines) is 2. The van der Waals surface area contributed by atoms with Crippen LogP contribution in [0.15, 0.2) is 0 Å². The van der Waals surface area contributed by atoms with Crippen molar-refractivity contribution in [2.75, 3.05) is 32.4 Å². The van der Waals surface area contributed by atoms with Crippen molar-refractivity contribution in [3.63, 3.8) is 0 Å². The molecule has 0 radical (unpaired) electrons. The third kappa shape index (κ3) is 2.74. The van der Waals surface area contributed by atoms with E-state index in [1.54, 1.807) is 11.8 Å². The zero-order chi connectivity index (χ0) is 13.0. The Morgan fingerprint density at radius 2 is 1.67 bits per heavy atom. The zero-order valence-corrected chi connectivity index (χ0v) is 11.8. The molecule has 18 heavy (non-hydrogen) atoms. The number of piperidine rings is 2. The molecule has 0 bridgehead atoms. The minimum Gasteiger partial charge on any atom is -0.325 e. The maximum atomic E-state index is 12.3. The fourth-order valence-electron chi connectivity index (χ4n) is 2.71. The molecule has 2 saturated heterocycles. The second-order valence-corrected chi connectivity index (χ2v) is 6.32. The molecule has 0 aliphatic carbocycles. The molecule has 4 nitrogen and oxygen atoms in total. The van der Waals surface area contributed by atoms with Crippen LogP contribution in [0.1, 0.15) is 32.1 Å². The standard InChI is InChI=1S/C13H21N3OS/c1-18-13(11-14)5-9-16(10-6-13)12(17)15-7-3-2-4-8-15/h2-10H2,1H3. The van der Waals surface area contributed by atoms with Gasteiger partial charge in [0.2, 0.25) is 0 Å². The predicted molar refractivity (Wildman–Crippen MR) is 73.5 cm³/mol. The van der Waals surface area contributed by atoms with Gasteiger partial charge in [0, 0.05) is 26.2 Å². The van der Waals surface area contributed by atoms with Crippen molar-refractivity contribution in [2.45, 2.75) is 36.9 Å². The number of hydrogen-bond acceptors (Lipinski definition) is 3. The summed E-state index contributed by atoms with van der Waals surface area (Å²) in [5, 5.41) is 9.23. The van der Waals surface area contributed by atoms with Gasteiger partial charge in [-0.2, -0.15) is 5.26 Å². The summed E-state index contributed by atoms with van der Waals surface area (Å²) in [5.74, 6) is 0. The molecular formula is C13H21N3OS. The number of thioether (sulfide) groups is 1. The number of amides is 2. The van der Waals surface area contributed by atoms with E-state index in [1.165, 1.54) is 6.42 Å². The first-order valence-electron chi connectivity index (χ1n) is 6.71. The Kier molecular flexibility index (Phi) is 4.39. The van der Waals surface area contributed by atoms with Crippen LogP contribution in [0, 0.1) is 11.3 Å². The van der Waals surface area contributed by atoms with Gasteiger partial charge in [0.25, 0.3) is 0 Å². The average Bonchev–Trinajstić information content (AvgIpc) is 2.47. The Bertz CT molecular complexity index is 339. The highest BCUT2D eigenvalue weighted by Gasteiger charge is 2.36. The monoisotopic (exact) mass is 267 g/mol. The maximum absolute atomic E-state index is 12.3. The largest absolute Gasteiger partial charge is 0.325 e. The smallest absolute Gasteiger partial charge is 0.319 e. The summed E-state index contributed by atoms with van der Waals surface area (Å²) in [6.07, 6.45) is 7.09. The highest BCUT2D eigenvalue weighted by Crippen LogP contribution is 2.34. The second kappa shape index (κ2) is 5.83. The molecule has 0 aromatic rings. The van der Waals surface area contributed by atoms with Gasteiger partial charge in [0.15, 0.2) is 0 Å². The number of nitriles is 1. The van der Waals surface area contributed by atoms with Crippen molar-refractivity contribution >= 4 is 17.8 Å². The van der Waals surface area contributed by atoms with Gasteiger partial charge in [-0.05, 0) is 38.4 Å². The summed E-state index contributed by atoms with van der Waals surface area (Å²) in [6.45, 7) is 3.26. The molecule has 0 aromatic carbocycles. The van der Waals surface area contributed by atoms with Gasteiger partial charge in [0.1, 0.15) is 4.75 Å². The molecule has 2 aliphatic heterocycles. The highest BCUT2D eigenvalue weighted by atomic mass is 32.2. The van der Waals surface area contributed by atoms with Gasteiger partial charge in [-0.1, -0.05) is 0 Å². The van der Waals surface area contributed by atoms with E-state index in [0.717, 1.165) is 51.9 Å². The summed E-state index contributed by atoms with van der Waals surface area (Å²) < 4.78 is -0.265. The van der Waals surface area contributed by atoms with E-state index >= 15 is 0 Å². The lowest BCUT2D eigenvalue weighted by atomic mass is 9.97. The molecule has 0 atom stereocenters. The van der Waals surface area contributed by atoms with Gasteiger partial charge in [-0.3, -0.25) is 0 Å². The predicted octanol–water partition coefficient (Wildman–Crippen LogP) is 2.31. The van der Waals surface area contributed by atoms with Crippen LogP contribution >= 0.6 is 11.8 Å². The van der Waals surface area contributed by atoms with Crippen molar-refractivity contribution in [3.8, 4) is 6.07 Å². The van der Waals surface area contributed by atoms with Gasteiger partial charge >= 0.3 is 6.03 Å². The van der Waals surface area contributed by atoms with E-state index in [1.807, 2.05) is 16.1 Å². The van der Waals surface area contributed by atoms with E-state index < -0.39 is 0 Å². The van der Waals surface area contributed by atoms with E-state index in [4.69, 9.17) is 0 Å². The molecule has 0 aromatic heterocycles. The molecule has 0 spiro atoms. The Labute approximate surface area is 113 Å². The van der Waals surface area contributed by atoms with Crippen LogP contribution in [0.25, 0.3) is 0 Å². The van der Waals surface area contributed by atoms with E-state index in [2.05, 4.69) is 6.07 Å². The number of carbonyl (C=O) groups excluding carboxylic acids is 1. The molecule has 0 N–H and O–H groups in total.